The quantitative estimate of drug-likeness (QED) is 0.617. The summed E-state index contributed by atoms with van der Waals surface area (Å²) in [5, 5.41) is 3.49. The second-order valence-corrected chi connectivity index (χ2v) is 3.90. The Morgan fingerprint density at radius 2 is 2.31 bits per heavy atom. The molecule has 0 amide bonds. The molecule has 1 unspecified atom stereocenters. The van der Waals surface area contributed by atoms with Gasteiger partial charge in [-0.3, -0.25) is 0 Å². The number of ether oxygens (including phenoxy) is 1. The molecule has 0 fully saturated rings. The summed E-state index contributed by atoms with van der Waals surface area (Å²) in [6.45, 7) is 4.29. The Balaban J connectivity index is 1.98. The molecule has 0 bridgehead atoms. The number of hydrogen-bond donors (Lipinski definition) is 1. The summed E-state index contributed by atoms with van der Waals surface area (Å²) in [5.41, 5.74) is 2.67. The topological polar surface area (TPSA) is 21.3 Å². The van der Waals surface area contributed by atoms with Gasteiger partial charge in [-0.15, -0.1) is 11.8 Å². The van der Waals surface area contributed by atoms with E-state index in [0.29, 0.717) is 6.04 Å². The maximum atomic E-state index is 5.57. The molecule has 2 heteroatoms. The van der Waals surface area contributed by atoms with Crippen molar-refractivity contribution in [1.82, 2.24) is 5.32 Å². The van der Waals surface area contributed by atoms with Crippen molar-refractivity contribution in [2.75, 3.05) is 13.2 Å². The minimum atomic E-state index is 0.323. The van der Waals surface area contributed by atoms with E-state index in [4.69, 9.17) is 4.74 Å². The minimum Gasteiger partial charge on any atom is -0.375 e. The first kappa shape index (κ1) is 11.2. The Morgan fingerprint density at radius 1 is 1.44 bits per heavy atom. The van der Waals surface area contributed by atoms with Crippen LogP contribution in [0.4, 0.5) is 0 Å². The lowest BCUT2D eigenvalue weighted by Gasteiger charge is -2.26. The SMILES string of the molecule is CC#CCCNC1COCc2ccccc21. The van der Waals surface area contributed by atoms with E-state index in [0.717, 1.165) is 26.2 Å². The van der Waals surface area contributed by atoms with Gasteiger partial charge in [0.2, 0.25) is 0 Å². The summed E-state index contributed by atoms with van der Waals surface area (Å²) < 4.78 is 5.57. The Kier molecular flexibility index (Phi) is 3.98. The van der Waals surface area contributed by atoms with Crippen molar-refractivity contribution in [2.45, 2.75) is 26.0 Å². The Hall–Kier alpha value is -1.30. The van der Waals surface area contributed by atoms with E-state index < -0.39 is 0 Å². The highest BCUT2D eigenvalue weighted by Gasteiger charge is 2.18. The van der Waals surface area contributed by atoms with E-state index in [1.165, 1.54) is 11.1 Å². The summed E-state index contributed by atoms with van der Waals surface area (Å²) in [5.74, 6) is 5.96. The van der Waals surface area contributed by atoms with Crippen LogP contribution in [0.15, 0.2) is 24.3 Å². The summed E-state index contributed by atoms with van der Waals surface area (Å²) >= 11 is 0. The number of rotatable bonds is 3. The van der Waals surface area contributed by atoms with E-state index in [1.807, 2.05) is 6.92 Å². The van der Waals surface area contributed by atoms with Crippen molar-refractivity contribution >= 4 is 0 Å². The van der Waals surface area contributed by atoms with E-state index in [-0.39, 0.29) is 0 Å². The smallest absolute Gasteiger partial charge is 0.0721 e. The van der Waals surface area contributed by atoms with Gasteiger partial charge in [-0.05, 0) is 18.1 Å². The standard InChI is InChI=1S/C14H17NO/c1-2-3-6-9-15-14-11-16-10-12-7-4-5-8-13(12)14/h4-5,7-8,14-15H,6,9-11H2,1H3. The molecule has 1 atom stereocenters. The minimum absolute atomic E-state index is 0.323. The van der Waals surface area contributed by atoms with Gasteiger partial charge in [-0.1, -0.05) is 24.3 Å². The van der Waals surface area contributed by atoms with Gasteiger partial charge in [0.05, 0.1) is 19.3 Å². The summed E-state index contributed by atoms with van der Waals surface area (Å²) in [7, 11) is 0. The predicted molar refractivity (Wildman–Crippen MR) is 64.9 cm³/mol. The van der Waals surface area contributed by atoms with Gasteiger partial charge >= 0.3 is 0 Å². The van der Waals surface area contributed by atoms with Crippen molar-refractivity contribution in [1.29, 1.82) is 0 Å². The molecule has 84 valence electrons. The van der Waals surface area contributed by atoms with Gasteiger partial charge in [0.15, 0.2) is 0 Å². The van der Waals surface area contributed by atoms with Gasteiger partial charge in [-0.25, -0.2) is 0 Å². The maximum absolute atomic E-state index is 5.57. The third-order valence-electron chi connectivity index (χ3n) is 2.79. The largest absolute Gasteiger partial charge is 0.375 e. The Morgan fingerprint density at radius 3 is 3.19 bits per heavy atom. The van der Waals surface area contributed by atoms with Crippen molar-refractivity contribution < 1.29 is 4.74 Å². The van der Waals surface area contributed by atoms with Crippen LogP contribution < -0.4 is 5.32 Å². The molecule has 0 aromatic heterocycles. The molecule has 2 rings (SSSR count). The number of nitrogens with one attached hydrogen (secondary N) is 1. The first-order valence-corrected chi connectivity index (χ1v) is 5.70. The van der Waals surface area contributed by atoms with Gasteiger partial charge < -0.3 is 10.1 Å². The molecule has 0 saturated carbocycles. The molecule has 1 heterocycles. The van der Waals surface area contributed by atoms with E-state index in [2.05, 4.69) is 41.4 Å². The van der Waals surface area contributed by atoms with Gasteiger partial charge in [-0.2, -0.15) is 0 Å². The van der Waals surface area contributed by atoms with Crippen LogP contribution in [0, 0.1) is 11.8 Å². The molecule has 0 saturated heterocycles. The lowest BCUT2D eigenvalue weighted by molar-refractivity contribution is 0.0825. The molecule has 1 aromatic carbocycles. The Labute approximate surface area is 97.0 Å². The molecule has 1 N–H and O–H groups in total. The van der Waals surface area contributed by atoms with Crippen LogP contribution in [0.3, 0.4) is 0 Å². The highest BCUT2D eigenvalue weighted by atomic mass is 16.5. The normalized spacial score (nSPS) is 18.4. The van der Waals surface area contributed by atoms with Crippen LogP contribution in [0.5, 0.6) is 0 Å². The monoisotopic (exact) mass is 215 g/mol. The van der Waals surface area contributed by atoms with Crippen molar-refractivity contribution in [3.05, 3.63) is 35.4 Å². The average molecular weight is 215 g/mol. The fourth-order valence-electron chi connectivity index (χ4n) is 1.98. The maximum Gasteiger partial charge on any atom is 0.0721 e. The molecule has 2 nitrogen and oxygen atoms in total. The number of hydrogen-bond acceptors (Lipinski definition) is 2. The lowest BCUT2D eigenvalue weighted by atomic mass is 9.99. The van der Waals surface area contributed by atoms with E-state index in [9.17, 15) is 0 Å². The zero-order chi connectivity index (χ0) is 11.2. The molecular weight excluding hydrogens is 198 g/mol. The first-order valence-electron chi connectivity index (χ1n) is 5.70. The van der Waals surface area contributed by atoms with Gasteiger partial charge in [0, 0.05) is 13.0 Å². The van der Waals surface area contributed by atoms with Crippen LogP contribution in [0.25, 0.3) is 0 Å². The fourth-order valence-corrected chi connectivity index (χ4v) is 1.98. The molecule has 0 radical (unpaired) electrons. The van der Waals surface area contributed by atoms with Crippen molar-refractivity contribution in [3.8, 4) is 11.8 Å². The predicted octanol–water partition coefficient (Wildman–Crippen LogP) is 2.26. The number of fused-ring (bicyclic) bond motifs is 1. The third-order valence-corrected chi connectivity index (χ3v) is 2.79. The second-order valence-electron chi connectivity index (χ2n) is 3.90. The van der Waals surface area contributed by atoms with Crippen molar-refractivity contribution in [3.63, 3.8) is 0 Å². The highest BCUT2D eigenvalue weighted by molar-refractivity contribution is 5.31. The molecule has 1 aliphatic heterocycles. The highest BCUT2D eigenvalue weighted by Crippen LogP contribution is 2.23. The molecule has 16 heavy (non-hydrogen) atoms. The summed E-state index contributed by atoms with van der Waals surface area (Å²) in [6.07, 6.45) is 0.898. The molecule has 1 aliphatic rings. The summed E-state index contributed by atoms with van der Waals surface area (Å²) in [6, 6.07) is 8.79. The Bertz CT molecular complexity index is 403. The number of benzene rings is 1. The molecule has 1 aromatic rings. The first-order chi connectivity index (χ1) is 7.92. The molecule has 0 aliphatic carbocycles. The third kappa shape index (κ3) is 2.63. The lowest BCUT2D eigenvalue weighted by Crippen LogP contribution is -2.30. The van der Waals surface area contributed by atoms with Gasteiger partial charge in [0.25, 0.3) is 0 Å². The average Bonchev–Trinajstić information content (AvgIpc) is 2.35. The van der Waals surface area contributed by atoms with Crippen LogP contribution in [-0.4, -0.2) is 13.2 Å². The zero-order valence-corrected chi connectivity index (χ0v) is 9.62. The van der Waals surface area contributed by atoms with Crippen molar-refractivity contribution in [2.24, 2.45) is 0 Å². The molecular formula is C14H17NO. The van der Waals surface area contributed by atoms with Crippen LogP contribution >= 0.6 is 0 Å². The van der Waals surface area contributed by atoms with Crippen LogP contribution in [-0.2, 0) is 11.3 Å². The van der Waals surface area contributed by atoms with Gasteiger partial charge in [0.1, 0.15) is 0 Å². The molecule has 0 spiro atoms. The summed E-state index contributed by atoms with van der Waals surface area (Å²) in [4.78, 5) is 0. The van der Waals surface area contributed by atoms with E-state index in [1.54, 1.807) is 0 Å². The second kappa shape index (κ2) is 5.69. The van der Waals surface area contributed by atoms with E-state index >= 15 is 0 Å². The zero-order valence-electron chi connectivity index (χ0n) is 9.62. The van der Waals surface area contributed by atoms with Crippen LogP contribution in [0.2, 0.25) is 0 Å². The van der Waals surface area contributed by atoms with Crippen LogP contribution in [0.1, 0.15) is 30.5 Å². The fraction of sp³-hybridized carbons (Fsp3) is 0.429.